The summed E-state index contributed by atoms with van der Waals surface area (Å²) in [6.45, 7) is 8.11. The summed E-state index contributed by atoms with van der Waals surface area (Å²) in [5.74, 6) is -0.269. The van der Waals surface area contributed by atoms with Crippen LogP contribution in [0.4, 0.5) is 11.4 Å². The Bertz CT molecular complexity index is 1070. The predicted octanol–water partition coefficient (Wildman–Crippen LogP) is 2.49. The van der Waals surface area contributed by atoms with Crippen molar-refractivity contribution in [3.05, 3.63) is 54.1 Å². The molecule has 2 aromatic carbocycles. The number of rotatable bonds is 5. The molecule has 0 bridgehead atoms. The molecule has 2 aliphatic heterocycles. The lowest BCUT2D eigenvalue weighted by molar-refractivity contribution is -0.0440. The van der Waals surface area contributed by atoms with Crippen LogP contribution in [0.2, 0.25) is 0 Å². The van der Waals surface area contributed by atoms with Crippen LogP contribution in [0.3, 0.4) is 0 Å². The zero-order chi connectivity index (χ0) is 23.6. The highest BCUT2D eigenvalue weighted by Gasteiger charge is 2.32. The molecule has 8 nitrogen and oxygen atoms in total. The molecule has 0 aliphatic carbocycles. The molecule has 1 N–H and O–H groups in total. The average molecular weight is 473 g/mol. The van der Waals surface area contributed by atoms with Gasteiger partial charge in [0.25, 0.3) is 5.91 Å². The van der Waals surface area contributed by atoms with Crippen molar-refractivity contribution in [1.29, 1.82) is 0 Å². The number of sulfonamides is 1. The molecule has 9 heteroatoms. The second kappa shape index (κ2) is 9.80. The van der Waals surface area contributed by atoms with Gasteiger partial charge in [-0.25, -0.2) is 8.42 Å². The molecular formula is C24H32N4O4S. The maximum atomic E-state index is 13.1. The Morgan fingerprint density at radius 3 is 2.18 bits per heavy atom. The molecule has 4 rings (SSSR count). The Morgan fingerprint density at radius 2 is 1.55 bits per heavy atom. The van der Waals surface area contributed by atoms with Gasteiger partial charge in [-0.3, -0.25) is 4.79 Å². The third kappa shape index (κ3) is 5.38. The number of carbonyl (C=O) groups is 1. The van der Waals surface area contributed by atoms with Crippen molar-refractivity contribution in [2.75, 3.05) is 56.5 Å². The SMILES string of the molecule is CC1CN(S(=O)(=O)c2ccc(C(=O)Nc3ccccc3N3CCN(C)CC3)cc2)CC(C)O1. The van der Waals surface area contributed by atoms with Crippen LogP contribution in [-0.2, 0) is 14.8 Å². The van der Waals surface area contributed by atoms with E-state index in [9.17, 15) is 13.2 Å². The third-order valence-electron chi connectivity index (χ3n) is 6.14. The normalized spacial score (nSPS) is 22.8. The number of likely N-dealkylation sites (N-methyl/N-ethyl adjacent to an activating group) is 1. The summed E-state index contributed by atoms with van der Waals surface area (Å²) >= 11 is 0. The lowest BCUT2D eigenvalue weighted by Gasteiger charge is -2.35. The summed E-state index contributed by atoms with van der Waals surface area (Å²) in [7, 11) is -1.54. The Hall–Kier alpha value is -2.46. The van der Waals surface area contributed by atoms with Crippen LogP contribution in [0.15, 0.2) is 53.4 Å². The van der Waals surface area contributed by atoms with Crippen LogP contribution in [0, 0.1) is 0 Å². The minimum Gasteiger partial charge on any atom is -0.373 e. The van der Waals surface area contributed by atoms with Gasteiger partial charge in [-0.15, -0.1) is 0 Å². The van der Waals surface area contributed by atoms with E-state index in [-0.39, 0.29) is 23.0 Å². The lowest BCUT2D eigenvalue weighted by Crippen LogP contribution is -2.48. The largest absolute Gasteiger partial charge is 0.373 e. The van der Waals surface area contributed by atoms with Crippen LogP contribution in [0.25, 0.3) is 0 Å². The quantitative estimate of drug-likeness (QED) is 0.720. The summed E-state index contributed by atoms with van der Waals surface area (Å²) in [6.07, 6.45) is -0.317. The van der Waals surface area contributed by atoms with Gasteiger partial charge in [0.1, 0.15) is 0 Å². The Labute approximate surface area is 196 Å². The van der Waals surface area contributed by atoms with E-state index in [0.717, 1.165) is 37.6 Å². The summed E-state index contributed by atoms with van der Waals surface area (Å²) < 4.78 is 33.2. The summed E-state index contributed by atoms with van der Waals surface area (Å²) in [6, 6.07) is 13.9. The van der Waals surface area contributed by atoms with Gasteiger partial charge in [0.2, 0.25) is 10.0 Å². The fourth-order valence-electron chi connectivity index (χ4n) is 4.35. The molecule has 33 heavy (non-hydrogen) atoms. The molecule has 2 saturated heterocycles. The van der Waals surface area contributed by atoms with E-state index in [1.165, 1.54) is 16.4 Å². The van der Waals surface area contributed by atoms with Gasteiger partial charge in [-0.2, -0.15) is 4.31 Å². The monoisotopic (exact) mass is 472 g/mol. The molecule has 0 aromatic heterocycles. The van der Waals surface area contributed by atoms with Gasteiger partial charge < -0.3 is 19.9 Å². The number of carbonyl (C=O) groups excluding carboxylic acids is 1. The molecule has 2 heterocycles. The van der Waals surface area contributed by atoms with Crippen molar-refractivity contribution in [2.24, 2.45) is 0 Å². The molecule has 0 saturated carbocycles. The van der Waals surface area contributed by atoms with Crippen molar-refractivity contribution in [3.63, 3.8) is 0 Å². The second-order valence-electron chi connectivity index (χ2n) is 8.87. The lowest BCUT2D eigenvalue weighted by atomic mass is 10.2. The van der Waals surface area contributed by atoms with Gasteiger partial charge in [-0.05, 0) is 57.3 Å². The molecule has 2 aromatic rings. The topological polar surface area (TPSA) is 82.2 Å². The molecule has 2 fully saturated rings. The van der Waals surface area contributed by atoms with Gasteiger partial charge >= 0.3 is 0 Å². The zero-order valence-corrected chi connectivity index (χ0v) is 20.2. The van der Waals surface area contributed by atoms with Gasteiger partial charge in [0.05, 0.1) is 28.5 Å². The Kier molecular flexibility index (Phi) is 7.04. The van der Waals surface area contributed by atoms with Crippen LogP contribution < -0.4 is 10.2 Å². The highest BCUT2D eigenvalue weighted by molar-refractivity contribution is 7.89. The maximum Gasteiger partial charge on any atom is 0.255 e. The first-order valence-electron chi connectivity index (χ1n) is 11.3. The number of ether oxygens (including phenoxy) is 1. The van der Waals surface area contributed by atoms with E-state index in [1.54, 1.807) is 12.1 Å². The minimum atomic E-state index is -3.64. The van der Waals surface area contributed by atoms with Crippen molar-refractivity contribution >= 4 is 27.3 Å². The zero-order valence-electron chi connectivity index (χ0n) is 19.4. The number of para-hydroxylation sites is 2. The molecule has 2 unspecified atom stereocenters. The third-order valence-corrected chi connectivity index (χ3v) is 7.98. The first kappa shape index (κ1) is 23.7. The molecule has 0 radical (unpaired) electrons. The van der Waals surface area contributed by atoms with Gasteiger partial charge in [0, 0.05) is 44.8 Å². The van der Waals surface area contributed by atoms with Crippen molar-refractivity contribution in [3.8, 4) is 0 Å². The first-order valence-corrected chi connectivity index (χ1v) is 12.8. The van der Waals surface area contributed by atoms with Crippen molar-refractivity contribution < 1.29 is 17.9 Å². The highest BCUT2D eigenvalue weighted by Crippen LogP contribution is 2.27. The van der Waals surface area contributed by atoms with Crippen LogP contribution in [0.1, 0.15) is 24.2 Å². The van der Waals surface area contributed by atoms with E-state index >= 15 is 0 Å². The number of amides is 1. The molecule has 1 amide bonds. The maximum absolute atomic E-state index is 13.1. The van der Waals surface area contributed by atoms with Crippen molar-refractivity contribution in [2.45, 2.75) is 31.0 Å². The summed E-state index contributed by atoms with van der Waals surface area (Å²) in [5.41, 5.74) is 2.15. The Balaban J connectivity index is 1.47. The fraction of sp³-hybridized carbons (Fsp3) is 0.458. The van der Waals surface area contributed by atoms with E-state index in [0.29, 0.717) is 18.7 Å². The molecule has 0 spiro atoms. The minimum absolute atomic E-state index is 0.158. The number of benzene rings is 2. The smallest absolute Gasteiger partial charge is 0.255 e. The molecule has 2 aliphatic rings. The number of piperazine rings is 1. The number of nitrogens with one attached hydrogen (secondary N) is 1. The second-order valence-corrected chi connectivity index (χ2v) is 10.8. The standard InChI is InChI=1S/C24H32N4O4S/c1-18-16-28(17-19(2)32-18)33(30,31)21-10-8-20(9-11-21)24(29)25-22-6-4-5-7-23(22)27-14-12-26(3)13-15-27/h4-11,18-19H,12-17H2,1-3H3,(H,25,29). The number of hydrogen-bond donors (Lipinski definition) is 1. The number of nitrogens with zero attached hydrogens (tertiary/aromatic N) is 3. The first-order chi connectivity index (χ1) is 15.7. The fourth-order valence-corrected chi connectivity index (χ4v) is 5.94. The van der Waals surface area contributed by atoms with E-state index in [4.69, 9.17) is 4.74 Å². The van der Waals surface area contributed by atoms with Crippen molar-refractivity contribution in [1.82, 2.24) is 9.21 Å². The molecule has 2 atom stereocenters. The van der Waals surface area contributed by atoms with Crippen LogP contribution in [-0.4, -0.2) is 82.1 Å². The predicted molar refractivity (Wildman–Crippen MR) is 129 cm³/mol. The van der Waals surface area contributed by atoms with Gasteiger partial charge in [-0.1, -0.05) is 12.1 Å². The van der Waals surface area contributed by atoms with Crippen LogP contribution in [0.5, 0.6) is 0 Å². The van der Waals surface area contributed by atoms with E-state index < -0.39 is 10.0 Å². The average Bonchev–Trinajstić information content (AvgIpc) is 2.79. The molecule has 178 valence electrons. The number of hydrogen-bond acceptors (Lipinski definition) is 6. The van der Waals surface area contributed by atoms with E-state index in [2.05, 4.69) is 22.2 Å². The number of morpholine rings is 1. The van der Waals surface area contributed by atoms with E-state index in [1.807, 2.05) is 38.1 Å². The van der Waals surface area contributed by atoms with Gasteiger partial charge in [0.15, 0.2) is 0 Å². The molecular weight excluding hydrogens is 440 g/mol. The van der Waals surface area contributed by atoms with Crippen LogP contribution >= 0.6 is 0 Å². The Morgan fingerprint density at radius 1 is 0.939 bits per heavy atom. The highest BCUT2D eigenvalue weighted by atomic mass is 32.2. The number of anilines is 2. The summed E-state index contributed by atoms with van der Waals surface area (Å²) in [4.78, 5) is 17.7. The summed E-state index contributed by atoms with van der Waals surface area (Å²) in [5, 5.41) is 3.00.